The zero-order chi connectivity index (χ0) is 14.6. The standard InChI is InChI=1S/C16H28F3N/c1-2-3-12-4-8-14(9-5-12)20-15-10-6-13(7-11-15)16(17,18)19/h12-15,20H,2-11H2,1H3. The topological polar surface area (TPSA) is 12.0 Å². The molecule has 2 saturated carbocycles. The second kappa shape index (κ2) is 7.15. The van der Waals surface area contributed by atoms with Crippen LogP contribution in [0.1, 0.15) is 71.1 Å². The third-order valence-corrected chi connectivity index (χ3v) is 5.21. The molecule has 0 atom stereocenters. The summed E-state index contributed by atoms with van der Waals surface area (Å²) in [6.45, 7) is 2.24. The van der Waals surface area contributed by atoms with Crippen LogP contribution in [0.4, 0.5) is 13.2 Å². The van der Waals surface area contributed by atoms with Crippen LogP contribution in [0.2, 0.25) is 0 Å². The summed E-state index contributed by atoms with van der Waals surface area (Å²) < 4.78 is 37.9. The predicted molar refractivity (Wildman–Crippen MR) is 75.6 cm³/mol. The second-order valence-corrected chi connectivity index (χ2v) is 6.76. The first-order valence-electron chi connectivity index (χ1n) is 8.31. The molecule has 2 aliphatic rings. The van der Waals surface area contributed by atoms with Crippen molar-refractivity contribution in [3.8, 4) is 0 Å². The minimum Gasteiger partial charge on any atom is -0.311 e. The van der Waals surface area contributed by atoms with Gasteiger partial charge in [-0.25, -0.2) is 0 Å². The number of hydrogen-bond donors (Lipinski definition) is 1. The molecule has 2 fully saturated rings. The lowest BCUT2D eigenvalue weighted by Crippen LogP contribution is -2.43. The first-order chi connectivity index (χ1) is 9.49. The maximum atomic E-state index is 12.6. The Kier molecular flexibility index (Phi) is 5.76. The van der Waals surface area contributed by atoms with Gasteiger partial charge in [-0.2, -0.15) is 13.2 Å². The summed E-state index contributed by atoms with van der Waals surface area (Å²) in [6.07, 6.45) is 5.65. The van der Waals surface area contributed by atoms with Gasteiger partial charge in [-0.15, -0.1) is 0 Å². The summed E-state index contributed by atoms with van der Waals surface area (Å²) in [7, 11) is 0. The fourth-order valence-corrected chi connectivity index (χ4v) is 3.95. The van der Waals surface area contributed by atoms with Crippen LogP contribution < -0.4 is 5.32 Å². The molecule has 4 heteroatoms. The molecular formula is C16H28F3N. The van der Waals surface area contributed by atoms with Crippen molar-refractivity contribution < 1.29 is 13.2 Å². The quantitative estimate of drug-likeness (QED) is 0.763. The average Bonchev–Trinajstić information content (AvgIpc) is 2.41. The molecule has 0 heterocycles. The summed E-state index contributed by atoms with van der Waals surface area (Å²) in [5, 5.41) is 3.63. The van der Waals surface area contributed by atoms with E-state index >= 15 is 0 Å². The highest BCUT2D eigenvalue weighted by Gasteiger charge is 2.41. The van der Waals surface area contributed by atoms with Crippen molar-refractivity contribution in [2.45, 2.75) is 89.4 Å². The van der Waals surface area contributed by atoms with Gasteiger partial charge in [0, 0.05) is 12.1 Å². The Morgan fingerprint density at radius 2 is 1.35 bits per heavy atom. The monoisotopic (exact) mass is 291 g/mol. The lowest BCUT2D eigenvalue weighted by Gasteiger charge is -2.35. The number of hydrogen-bond acceptors (Lipinski definition) is 1. The van der Waals surface area contributed by atoms with E-state index in [2.05, 4.69) is 12.2 Å². The number of alkyl halides is 3. The number of rotatable bonds is 4. The molecule has 0 aromatic heterocycles. The Bertz CT molecular complexity index is 274. The molecule has 0 saturated heterocycles. The molecule has 1 N–H and O–H groups in total. The van der Waals surface area contributed by atoms with Crippen LogP contribution >= 0.6 is 0 Å². The number of nitrogens with one attached hydrogen (secondary N) is 1. The molecule has 0 amide bonds. The SMILES string of the molecule is CCCC1CCC(NC2CCC(C(F)(F)F)CC2)CC1. The minimum atomic E-state index is -3.98. The van der Waals surface area contributed by atoms with E-state index in [-0.39, 0.29) is 0 Å². The molecular weight excluding hydrogens is 263 g/mol. The van der Waals surface area contributed by atoms with Crippen LogP contribution in [0.25, 0.3) is 0 Å². The van der Waals surface area contributed by atoms with Crippen LogP contribution in [-0.4, -0.2) is 18.3 Å². The largest absolute Gasteiger partial charge is 0.391 e. The maximum absolute atomic E-state index is 12.6. The number of halogens is 3. The Hall–Kier alpha value is -0.250. The molecule has 0 bridgehead atoms. The third-order valence-electron chi connectivity index (χ3n) is 5.21. The van der Waals surface area contributed by atoms with Crippen molar-refractivity contribution in [3.63, 3.8) is 0 Å². The zero-order valence-corrected chi connectivity index (χ0v) is 12.5. The van der Waals surface area contributed by atoms with Gasteiger partial charge >= 0.3 is 6.18 Å². The molecule has 0 spiro atoms. The molecule has 0 aromatic carbocycles. The van der Waals surface area contributed by atoms with E-state index < -0.39 is 12.1 Å². The molecule has 2 rings (SSSR count). The molecule has 1 nitrogen and oxygen atoms in total. The van der Waals surface area contributed by atoms with Gasteiger partial charge in [0.05, 0.1) is 5.92 Å². The summed E-state index contributed by atoms with van der Waals surface area (Å²) in [6, 6.07) is 0.872. The van der Waals surface area contributed by atoms with Gasteiger partial charge in [0.1, 0.15) is 0 Å². The van der Waals surface area contributed by atoms with Crippen molar-refractivity contribution in [3.05, 3.63) is 0 Å². The Balaban J connectivity index is 1.66. The Labute approximate surface area is 120 Å². The first kappa shape index (κ1) is 16.1. The molecule has 0 aliphatic heterocycles. The summed E-state index contributed by atoms with van der Waals surface area (Å²) >= 11 is 0. The highest BCUT2D eigenvalue weighted by Crippen LogP contribution is 2.38. The molecule has 2 aliphatic carbocycles. The molecule has 20 heavy (non-hydrogen) atoms. The van der Waals surface area contributed by atoms with E-state index in [0.29, 0.717) is 37.8 Å². The normalized spacial score (nSPS) is 36.0. The van der Waals surface area contributed by atoms with Gasteiger partial charge in [-0.1, -0.05) is 19.8 Å². The second-order valence-electron chi connectivity index (χ2n) is 6.76. The van der Waals surface area contributed by atoms with Gasteiger partial charge in [-0.05, 0) is 57.3 Å². The fraction of sp³-hybridized carbons (Fsp3) is 1.00. The van der Waals surface area contributed by atoms with Crippen molar-refractivity contribution >= 4 is 0 Å². The van der Waals surface area contributed by atoms with Gasteiger partial charge < -0.3 is 5.32 Å². The highest BCUT2D eigenvalue weighted by molar-refractivity contribution is 4.85. The van der Waals surface area contributed by atoms with E-state index in [4.69, 9.17) is 0 Å². The van der Waals surface area contributed by atoms with E-state index in [1.54, 1.807) is 0 Å². The van der Waals surface area contributed by atoms with Gasteiger partial charge in [-0.3, -0.25) is 0 Å². The van der Waals surface area contributed by atoms with E-state index in [1.165, 1.54) is 38.5 Å². The Morgan fingerprint density at radius 3 is 1.80 bits per heavy atom. The van der Waals surface area contributed by atoms with Crippen LogP contribution in [-0.2, 0) is 0 Å². The average molecular weight is 291 g/mol. The Morgan fingerprint density at radius 1 is 0.850 bits per heavy atom. The molecule has 0 aromatic rings. The van der Waals surface area contributed by atoms with Crippen molar-refractivity contribution in [1.82, 2.24) is 5.32 Å². The molecule has 0 unspecified atom stereocenters. The fourth-order valence-electron chi connectivity index (χ4n) is 3.95. The van der Waals surface area contributed by atoms with Crippen molar-refractivity contribution in [2.24, 2.45) is 11.8 Å². The van der Waals surface area contributed by atoms with Crippen molar-refractivity contribution in [1.29, 1.82) is 0 Å². The van der Waals surface area contributed by atoms with E-state index in [1.807, 2.05) is 0 Å². The van der Waals surface area contributed by atoms with E-state index in [0.717, 1.165) is 5.92 Å². The van der Waals surface area contributed by atoms with Crippen LogP contribution in [0.15, 0.2) is 0 Å². The maximum Gasteiger partial charge on any atom is 0.391 e. The molecule has 118 valence electrons. The molecule has 0 radical (unpaired) electrons. The summed E-state index contributed by atoms with van der Waals surface area (Å²) in [4.78, 5) is 0. The van der Waals surface area contributed by atoms with Crippen molar-refractivity contribution in [2.75, 3.05) is 0 Å². The van der Waals surface area contributed by atoms with Gasteiger partial charge in [0.25, 0.3) is 0 Å². The van der Waals surface area contributed by atoms with Gasteiger partial charge in [0.2, 0.25) is 0 Å². The van der Waals surface area contributed by atoms with Crippen LogP contribution in [0, 0.1) is 11.8 Å². The minimum absolute atomic E-state index is 0.312. The van der Waals surface area contributed by atoms with Crippen LogP contribution in [0.5, 0.6) is 0 Å². The zero-order valence-electron chi connectivity index (χ0n) is 12.5. The van der Waals surface area contributed by atoms with E-state index in [9.17, 15) is 13.2 Å². The van der Waals surface area contributed by atoms with Crippen LogP contribution in [0.3, 0.4) is 0 Å². The first-order valence-corrected chi connectivity index (χ1v) is 8.31. The predicted octanol–water partition coefficient (Wildman–Crippen LogP) is 5.06. The van der Waals surface area contributed by atoms with Gasteiger partial charge in [0.15, 0.2) is 0 Å². The highest BCUT2D eigenvalue weighted by atomic mass is 19.4. The summed E-state index contributed by atoms with van der Waals surface area (Å²) in [5.74, 6) is -0.167. The lowest BCUT2D eigenvalue weighted by molar-refractivity contribution is -0.182. The summed E-state index contributed by atoms with van der Waals surface area (Å²) in [5.41, 5.74) is 0. The lowest BCUT2D eigenvalue weighted by atomic mass is 9.81. The third kappa shape index (κ3) is 4.64. The smallest absolute Gasteiger partial charge is 0.311 e.